The van der Waals surface area contributed by atoms with Crippen LogP contribution in [0.4, 0.5) is 0 Å². The molecule has 6 nitrogen and oxygen atoms in total. The van der Waals surface area contributed by atoms with Crippen molar-refractivity contribution in [1.29, 1.82) is 10.5 Å². The molecular weight excluding hydrogens is 368 g/mol. The molecule has 0 N–H and O–H groups in total. The zero-order valence-electron chi connectivity index (χ0n) is 14.9. The Balaban J connectivity index is 1.94. The zero-order chi connectivity index (χ0) is 20.4. The van der Waals surface area contributed by atoms with Gasteiger partial charge >= 0.3 is 5.97 Å². The fourth-order valence-electron chi connectivity index (χ4n) is 3.16. The van der Waals surface area contributed by atoms with E-state index >= 15 is 0 Å². The fourth-order valence-corrected chi connectivity index (χ4v) is 3.16. The van der Waals surface area contributed by atoms with Crippen LogP contribution in [0.1, 0.15) is 16.9 Å². The van der Waals surface area contributed by atoms with E-state index in [1.165, 1.54) is 6.08 Å². The van der Waals surface area contributed by atoms with Gasteiger partial charge in [-0.1, -0.05) is 60.7 Å². The maximum atomic E-state index is 12.2. The molecule has 0 bridgehead atoms. The summed E-state index contributed by atoms with van der Waals surface area (Å²) in [6.45, 7) is 0. The molecule has 3 aromatic rings. The Labute approximate surface area is 165 Å². The summed E-state index contributed by atoms with van der Waals surface area (Å²) < 4.78 is 10.6. The molecule has 0 amide bonds. The third-order valence-electron chi connectivity index (χ3n) is 4.42. The first-order valence-electron chi connectivity index (χ1n) is 8.57. The lowest BCUT2D eigenvalue weighted by Crippen LogP contribution is -1.96. The lowest BCUT2D eigenvalue weighted by atomic mass is 9.98. The van der Waals surface area contributed by atoms with Crippen LogP contribution in [-0.2, 0) is 9.53 Å². The van der Waals surface area contributed by atoms with Crippen molar-refractivity contribution in [2.45, 2.75) is 0 Å². The number of nitriles is 2. The molecule has 0 unspecified atom stereocenters. The van der Waals surface area contributed by atoms with Crippen LogP contribution in [0.3, 0.4) is 0 Å². The van der Waals surface area contributed by atoms with E-state index in [9.17, 15) is 20.4 Å². The molecule has 1 aliphatic heterocycles. The van der Waals surface area contributed by atoms with Crippen molar-refractivity contribution in [3.8, 4) is 29.2 Å². The number of carbonyl (C=O) groups excluding carboxylic acids is 1. The van der Waals surface area contributed by atoms with E-state index < -0.39 is 11.9 Å². The number of cyclic esters (lactones) is 1. The summed E-state index contributed by atoms with van der Waals surface area (Å²) in [6, 6.07) is 21.4. The number of rotatable bonds is 3. The molecule has 29 heavy (non-hydrogen) atoms. The number of nitrogens with zero attached hydrogens (tertiary/aromatic N) is 2. The lowest BCUT2D eigenvalue weighted by molar-refractivity contribution is -0.294. The molecule has 2 heterocycles. The van der Waals surface area contributed by atoms with Crippen molar-refractivity contribution < 1.29 is 19.1 Å². The van der Waals surface area contributed by atoms with Crippen LogP contribution in [0.5, 0.6) is 5.95 Å². The maximum absolute atomic E-state index is 12.2. The summed E-state index contributed by atoms with van der Waals surface area (Å²) in [6.07, 6.45) is 1.37. The molecule has 138 valence electrons. The Bertz CT molecular complexity index is 1250. The van der Waals surface area contributed by atoms with Gasteiger partial charge < -0.3 is 14.3 Å². The molecule has 0 atom stereocenters. The van der Waals surface area contributed by atoms with Crippen molar-refractivity contribution in [1.82, 2.24) is 0 Å². The van der Waals surface area contributed by atoms with E-state index in [2.05, 4.69) is 0 Å². The number of furan rings is 1. The highest BCUT2D eigenvalue weighted by Gasteiger charge is 2.31. The molecule has 0 aliphatic carbocycles. The summed E-state index contributed by atoms with van der Waals surface area (Å²) in [5.41, 5.74) is 1.55. The summed E-state index contributed by atoms with van der Waals surface area (Å²) in [5, 5.41) is 31.0. The van der Waals surface area contributed by atoms with E-state index in [4.69, 9.17) is 9.15 Å². The summed E-state index contributed by atoms with van der Waals surface area (Å²) >= 11 is 0. The third-order valence-corrected chi connectivity index (χ3v) is 4.42. The van der Waals surface area contributed by atoms with Gasteiger partial charge in [-0.05, 0) is 17.2 Å². The standard InChI is InChI=1S/C23H12N2O4/c24-12-16-20(14-7-3-1-4-8-14)18(28-22(16)26)11-19-21(15-9-5-2-6-10-15)17(13-25)23(27)29-19/h1-11,26H/p-1. The summed E-state index contributed by atoms with van der Waals surface area (Å²) in [4.78, 5) is 12.2. The Kier molecular flexibility index (Phi) is 4.44. The van der Waals surface area contributed by atoms with Gasteiger partial charge in [-0.2, -0.15) is 10.5 Å². The molecule has 0 saturated heterocycles. The fraction of sp³-hybridized carbons (Fsp3) is 0. The van der Waals surface area contributed by atoms with E-state index in [1.807, 2.05) is 12.1 Å². The molecule has 0 radical (unpaired) electrons. The number of esters is 1. The number of carbonyl (C=O) groups is 1. The first-order chi connectivity index (χ1) is 14.1. The third kappa shape index (κ3) is 3.05. The van der Waals surface area contributed by atoms with Crippen molar-refractivity contribution in [3.63, 3.8) is 0 Å². The maximum Gasteiger partial charge on any atom is 0.355 e. The van der Waals surface area contributed by atoms with Gasteiger partial charge in [0.1, 0.15) is 23.5 Å². The molecular formula is C23H11N2O4-. The van der Waals surface area contributed by atoms with Crippen LogP contribution < -0.4 is 5.11 Å². The smallest absolute Gasteiger partial charge is 0.355 e. The van der Waals surface area contributed by atoms with Gasteiger partial charge in [-0.25, -0.2) is 4.79 Å². The molecule has 1 aliphatic rings. The molecule has 0 fully saturated rings. The minimum absolute atomic E-state index is 0.0770. The second-order valence-corrected chi connectivity index (χ2v) is 6.11. The van der Waals surface area contributed by atoms with Crippen LogP contribution in [0.2, 0.25) is 0 Å². The molecule has 0 spiro atoms. The predicted octanol–water partition coefficient (Wildman–Crippen LogP) is 3.77. The molecule has 2 aromatic carbocycles. The van der Waals surface area contributed by atoms with Gasteiger partial charge in [0, 0.05) is 16.9 Å². The van der Waals surface area contributed by atoms with Gasteiger partial charge in [0.15, 0.2) is 0 Å². The van der Waals surface area contributed by atoms with Crippen LogP contribution in [0.25, 0.3) is 22.8 Å². The Hall–Kier alpha value is -4.55. The van der Waals surface area contributed by atoms with Gasteiger partial charge in [0.05, 0.1) is 11.5 Å². The monoisotopic (exact) mass is 379 g/mol. The zero-order valence-corrected chi connectivity index (χ0v) is 14.9. The molecule has 0 saturated carbocycles. The van der Waals surface area contributed by atoms with Crippen molar-refractivity contribution in [2.75, 3.05) is 0 Å². The Morgan fingerprint density at radius 2 is 1.52 bits per heavy atom. The number of hydrogen-bond acceptors (Lipinski definition) is 6. The van der Waals surface area contributed by atoms with Crippen LogP contribution in [0, 0.1) is 22.7 Å². The number of allylic oxidation sites excluding steroid dienone is 1. The van der Waals surface area contributed by atoms with Gasteiger partial charge in [0.25, 0.3) is 0 Å². The number of ether oxygens (including phenoxy) is 1. The largest absolute Gasteiger partial charge is 0.578 e. The van der Waals surface area contributed by atoms with E-state index in [0.29, 0.717) is 22.3 Å². The second-order valence-electron chi connectivity index (χ2n) is 6.11. The predicted molar refractivity (Wildman–Crippen MR) is 101 cm³/mol. The highest BCUT2D eigenvalue weighted by atomic mass is 16.5. The lowest BCUT2D eigenvalue weighted by Gasteiger charge is -2.07. The van der Waals surface area contributed by atoms with Crippen LogP contribution in [0.15, 0.2) is 76.4 Å². The van der Waals surface area contributed by atoms with Crippen molar-refractivity contribution in [3.05, 3.63) is 88.9 Å². The van der Waals surface area contributed by atoms with E-state index in [1.54, 1.807) is 60.7 Å². The summed E-state index contributed by atoms with van der Waals surface area (Å²) in [7, 11) is 0. The van der Waals surface area contributed by atoms with E-state index in [-0.39, 0.29) is 22.7 Å². The second kappa shape index (κ2) is 7.22. The topological polar surface area (TPSA) is 110 Å². The normalized spacial score (nSPS) is 14.6. The Morgan fingerprint density at radius 3 is 2.10 bits per heavy atom. The molecule has 4 rings (SSSR count). The van der Waals surface area contributed by atoms with Crippen LogP contribution >= 0.6 is 0 Å². The quantitative estimate of drug-likeness (QED) is 0.641. The number of benzene rings is 2. The summed E-state index contributed by atoms with van der Waals surface area (Å²) in [5.74, 6) is -1.41. The SMILES string of the molecule is N#CC1=C(c2ccccc2)C(=Cc2oc([O-])c(C#N)c2-c2ccccc2)OC1=O. The average Bonchev–Trinajstić information content (AvgIpc) is 3.24. The molecule has 6 heteroatoms. The molecule has 1 aromatic heterocycles. The van der Waals surface area contributed by atoms with Crippen molar-refractivity contribution in [2.24, 2.45) is 0 Å². The average molecular weight is 379 g/mol. The van der Waals surface area contributed by atoms with Crippen molar-refractivity contribution >= 4 is 17.6 Å². The Morgan fingerprint density at radius 1 is 0.897 bits per heavy atom. The minimum atomic E-state index is -0.784. The number of hydrogen-bond donors (Lipinski definition) is 0. The highest BCUT2D eigenvalue weighted by Crippen LogP contribution is 2.40. The van der Waals surface area contributed by atoms with Crippen LogP contribution in [-0.4, -0.2) is 5.97 Å². The van der Waals surface area contributed by atoms with Gasteiger partial charge in [0.2, 0.25) is 0 Å². The highest BCUT2D eigenvalue weighted by molar-refractivity contribution is 6.11. The first-order valence-corrected chi connectivity index (χ1v) is 8.57. The van der Waals surface area contributed by atoms with Gasteiger partial charge in [-0.15, -0.1) is 0 Å². The first kappa shape index (κ1) is 17.8. The van der Waals surface area contributed by atoms with E-state index in [0.717, 1.165) is 0 Å². The van der Waals surface area contributed by atoms with Gasteiger partial charge in [-0.3, -0.25) is 0 Å². The minimum Gasteiger partial charge on any atom is -0.578 e.